The number of rotatable bonds is 3. The van der Waals surface area contributed by atoms with E-state index >= 15 is 0 Å². The van der Waals surface area contributed by atoms with Crippen molar-refractivity contribution in [2.75, 3.05) is 23.0 Å². The van der Waals surface area contributed by atoms with Gasteiger partial charge in [0, 0.05) is 23.5 Å². The number of anilines is 2. The maximum absolute atomic E-state index is 12.6. The van der Waals surface area contributed by atoms with Crippen LogP contribution in [0.25, 0.3) is 0 Å². The lowest BCUT2D eigenvalue weighted by molar-refractivity contribution is -0.118. The van der Waals surface area contributed by atoms with Crippen LogP contribution in [0.2, 0.25) is 0 Å². The predicted molar refractivity (Wildman–Crippen MR) is 97.0 cm³/mol. The molecular formula is C19H18N2O2S. The fourth-order valence-electron chi connectivity index (χ4n) is 3.56. The molecule has 2 amide bonds. The van der Waals surface area contributed by atoms with E-state index in [1.807, 2.05) is 47.6 Å². The summed E-state index contributed by atoms with van der Waals surface area (Å²) in [6.45, 7) is 0.758. The van der Waals surface area contributed by atoms with Gasteiger partial charge in [0.2, 0.25) is 5.91 Å². The van der Waals surface area contributed by atoms with Crippen LogP contribution in [-0.2, 0) is 17.6 Å². The quantitative estimate of drug-likeness (QED) is 0.872. The van der Waals surface area contributed by atoms with Gasteiger partial charge in [-0.1, -0.05) is 12.1 Å². The Labute approximate surface area is 145 Å². The van der Waals surface area contributed by atoms with Crippen LogP contribution < -0.4 is 10.2 Å². The SMILES string of the molecule is CSc1ccccc1C(=O)Nc1cc2c3c(c1)CCN3C(=O)CC2. The van der Waals surface area contributed by atoms with Crippen LogP contribution in [0.15, 0.2) is 41.3 Å². The maximum atomic E-state index is 12.6. The standard InChI is InChI=1S/C19H18N2O2S/c1-24-16-5-3-2-4-15(16)19(23)20-14-10-12-6-7-17(22)21-9-8-13(11-14)18(12)21/h2-5,10-11H,6-9H2,1H3,(H,20,23). The molecule has 0 aliphatic carbocycles. The fourth-order valence-corrected chi connectivity index (χ4v) is 4.16. The van der Waals surface area contributed by atoms with E-state index in [-0.39, 0.29) is 11.8 Å². The van der Waals surface area contributed by atoms with Gasteiger partial charge >= 0.3 is 0 Å². The number of amides is 2. The van der Waals surface area contributed by atoms with E-state index in [0.717, 1.165) is 46.8 Å². The zero-order valence-corrected chi connectivity index (χ0v) is 14.3. The zero-order chi connectivity index (χ0) is 16.7. The van der Waals surface area contributed by atoms with E-state index in [4.69, 9.17) is 0 Å². The van der Waals surface area contributed by atoms with Crippen molar-refractivity contribution in [3.05, 3.63) is 53.1 Å². The highest BCUT2D eigenvalue weighted by molar-refractivity contribution is 7.98. The van der Waals surface area contributed by atoms with Crippen molar-refractivity contribution in [1.29, 1.82) is 0 Å². The number of nitrogens with zero attached hydrogens (tertiary/aromatic N) is 1. The van der Waals surface area contributed by atoms with Gasteiger partial charge in [-0.05, 0) is 54.5 Å². The third-order valence-corrected chi connectivity index (χ3v) is 5.46. The van der Waals surface area contributed by atoms with E-state index in [1.54, 1.807) is 11.8 Å². The van der Waals surface area contributed by atoms with Gasteiger partial charge in [0.25, 0.3) is 5.91 Å². The van der Waals surface area contributed by atoms with E-state index in [2.05, 4.69) is 5.32 Å². The minimum absolute atomic E-state index is 0.0890. The van der Waals surface area contributed by atoms with Gasteiger partial charge in [-0.25, -0.2) is 0 Å². The van der Waals surface area contributed by atoms with Gasteiger partial charge in [-0.3, -0.25) is 9.59 Å². The number of hydrogen-bond donors (Lipinski definition) is 1. The number of benzene rings is 2. The van der Waals surface area contributed by atoms with Gasteiger partial charge in [-0.2, -0.15) is 0 Å². The first kappa shape index (κ1) is 15.3. The molecule has 2 heterocycles. The Balaban J connectivity index is 1.65. The molecule has 2 aliphatic heterocycles. The van der Waals surface area contributed by atoms with Crippen LogP contribution in [0.1, 0.15) is 27.9 Å². The largest absolute Gasteiger partial charge is 0.322 e. The monoisotopic (exact) mass is 338 g/mol. The van der Waals surface area contributed by atoms with Crippen molar-refractivity contribution in [2.24, 2.45) is 0 Å². The minimum Gasteiger partial charge on any atom is -0.322 e. The molecule has 0 fully saturated rings. The van der Waals surface area contributed by atoms with E-state index in [9.17, 15) is 9.59 Å². The number of aryl methyl sites for hydroxylation is 1. The molecule has 2 aliphatic rings. The van der Waals surface area contributed by atoms with Crippen LogP contribution in [0.3, 0.4) is 0 Å². The highest BCUT2D eigenvalue weighted by Gasteiger charge is 2.31. The number of hydrogen-bond acceptors (Lipinski definition) is 3. The summed E-state index contributed by atoms with van der Waals surface area (Å²) in [5, 5.41) is 3.03. The molecule has 2 aromatic rings. The Bertz CT molecular complexity index is 847. The van der Waals surface area contributed by atoms with Crippen molar-refractivity contribution in [3.8, 4) is 0 Å². The van der Waals surface area contributed by atoms with Crippen LogP contribution in [0.4, 0.5) is 11.4 Å². The van der Waals surface area contributed by atoms with E-state index in [0.29, 0.717) is 12.0 Å². The predicted octanol–water partition coefficient (Wildman–Crippen LogP) is 3.50. The lowest BCUT2D eigenvalue weighted by atomic mass is 9.98. The first-order valence-corrected chi connectivity index (χ1v) is 9.30. The zero-order valence-electron chi connectivity index (χ0n) is 13.5. The second-order valence-corrected chi connectivity index (χ2v) is 6.94. The summed E-state index contributed by atoms with van der Waals surface area (Å²) in [5.74, 6) is 0.126. The van der Waals surface area contributed by atoms with Crippen molar-refractivity contribution in [1.82, 2.24) is 0 Å². The highest BCUT2D eigenvalue weighted by Crippen LogP contribution is 2.38. The summed E-state index contributed by atoms with van der Waals surface area (Å²) in [6, 6.07) is 11.6. The molecule has 0 atom stereocenters. The number of thioether (sulfide) groups is 1. The average molecular weight is 338 g/mol. The number of carbonyl (C=O) groups is 2. The topological polar surface area (TPSA) is 49.4 Å². The average Bonchev–Trinajstić information content (AvgIpc) is 3.03. The Morgan fingerprint density at radius 2 is 1.88 bits per heavy atom. The Morgan fingerprint density at radius 3 is 2.67 bits per heavy atom. The lowest BCUT2D eigenvalue weighted by Gasteiger charge is -2.25. The summed E-state index contributed by atoms with van der Waals surface area (Å²) >= 11 is 1.57. The van der Waals surface area contributed by atoms with Crippen LogP contribution in [0.5, 0.6) is 0 Å². The molecule has 0 saturated heterocycles. The number of carbonyl (C=O) groups excluding carboxylic acids is 2. The Hall–Kier alpha value is -2.27. The molecular weight excluding hydrogens is 320 g/mol. The highest BCUT2D eigenvalue weighted by atomic mass is 32.2. The third kappa shape index (κ3) is 2.49. The molecule has 4 nitrogen and oxygen atoms in total. The van der Waals surface area contributed by atoms with Gasteiger partial charge in [0.1, 0.15) is 0 Å². The summed E-state index contributed by atoms with van der Waals surface area (Å²) in [4.78, 5) is 27.5. The van der Waals surface area contributed by atoms with E-state index < -0.39 is 0 Å². The number of nitrogens with one attached hydrogen (secondary N) is 1. The first-order chi connectivity index (χ1) is 11.7. The molecule has 0 saturated carbocycles. The Kier molecular flexibility index (Phi) is 3.81. The summed E-state index contributed by atoms with van der Waals surface area (Å²) in [6.07, 6.45) is 4.14. The second-order valence-electron chi connectivity index (χ2n) is 6.09. The smallest absolute Gasteiger partial charge is 0.256 e. The third-order valence-electron chi connectivity index (χ3n) is 4.66. The van der Waals surface area contributed by atoms with Crippen molar-refractivity contribution in [3.63, 3.8) is 0 Å². The van der Waals surface area contributed by atoms with Crippen molar-refractivity contribution in [2.45, 2.75) is 24.2 Å². The van der Waals surface area contributed by atoms with Crippen molar-refractivity contribution >= 4 is 35.0 Å². The molecule has 1 N–H and O–H groups in total. The van der Waals surface area contributed by atoms with Crippen LogP contribution >= 0.6 is 11.8 Å². The van der Waals surface area contributed by atoms with Gasteiger partial charge < -0.3 is 10.2 Å². The van der Waals surface area contributed by atoms with Crippen LogP contribution in [0, 0.1) is 0 Å². The molecule has 24 heavy (non-hydrogen) atoms. The van der Waals surface area contributed by atoms with Crippen molar-refractivity contribution < 1.29 is 9.59 Å². The summed E-state index contributed by atoms with van der Waals surface area (Å²) in [5.41, 5.74) is 4.91. The second kappa shape index (κ2) is 5.98. The summed E-state index contributed by atoms with van der Waals surface area (Å²) < 4.78 is 0. The van der Waals surface area contributed by atoms with E-state index in [1.165, 1.54) is 0 Å². The molecule has 0 aromatic heterocycles. The maximum Gasteiger partial charge on any atom is 0.256 e. The molecule has 2 aromatic carbocycles. The molecule has 0 spiro atoms. The molecule has 0 bridgehead atoms. The van der Waals surface area contributed by atoms with Gasteiger partial charge in [-0.15, -0.1) is 11.8 Å². The normalized spacial score (nSPS) is 15.4. The van der Waals surface area contributed by atoms with Crippen LogP contribution in [-0.4, -0.2) is 24.6 Å². The van der Waals surface area contributed by atoms with Gasteiger partial charge in [0.15, 0.2) is 0 Å². The molecule has 0 radical (unpaired) electrons. The minimum atomic E-state index is -0.0890. The lowest BCUT2D eigenvalue weighted by Crippen LogP contribution is -2.32. The summed E-state index contributed by atoms with van der Waals surface area (Å²) in [7, 11) is 0. The molecule has 4 rings (SSSR count). The molecule has 0 unspecified atom stereocenters. The fraction of sp³-hybridized carbons (Fsp3) is 0.263. The Morgan fingerprint density at radius 1 is 1.12 bits per heavy atom. The van der Waals surface area contributed by atoms with Gasteiger partial charge in [0.05, 0.1) is 11.3 Å². The molecule has 122 valence electrons. The first-order valence-electron chi connectivity index (χ1n) is 8.08. The molecule has 5 heteroatoms.